The molecule has 0 fully saturated rings. The Bertz CT molecular complexity index is 90.9. The summed E-state index contributed by atoms with van der Waals surface area (Å²) in [5.41, 5.74) is 5.12. The number of rotatable bonds is 2. The maximum atomic E-state index is 5.12. The van der Waals surface area contributed by atoms with Gasteiger partial charge in [-0.2, -0.15) is 0 Å². The van der Waals surface area contributed by atoms with E-state index in [1.165, 1.54) is 0 Å². The minimum absolute atomic E-state index is 0.148. The molecule has 0 saturated heterocycles. The first-order valence-electron chi connectivity index (χ1n) is 1.80. The van der Waals surface area contributed by atoms with Crippen molar-refractivity contribution in [1.29, 1.82) is 0 Å². The first-order valence-corrected chi connectivity index (χ1v) is 2.57. The molecule has 0 spiro atoms. The number of thiocarbonyl (C=S) groups is 1. The molecule has 0 aliphatic heterocycles. The van der Waals surface area contributed by atoms with Crippen LogP contribution in [0.5, 0.6) is 0 Å². The first-order chi connectivity index (χ1) is 3.18. The fourth-order valence-electron chi connectivity index (χ4n) is 0.0519. The van der Waals surface area contributed by atoms with Gasteiger partial charge in [-0.15, -0.1) is 0 Å². The van der Waals surface area contributed by atoms with Crippen LogP contribution in [0.4, 0.5) is 0 Å². The van der Waals surface area contributed by atoms with E-state index in [1.54, 1.807) is 6.92 Å². The maximum absolute atomic E-state index is 5.12. The zero-order chi connectivity index (χ0) is 5.86. The van der Waals surface area contributed by atoms with Gasteiger partial charge >= 0.3 is 0 Å². The Balaban J connectivity index is 3.55. The summed E-state index contributed by atoms with van der Waals surface area (Å²) in [6.07, 6.45) is 0. The molecule has 0 amide bonds. The topological polar surface area (TPSA) is 38.4 Å². The highest BCUT2D eigenvalue weighted by Gasteiger charge is 1.97. The van der Waals surface area contributed by atoms with E-state index in [0.29, 0.717) is 4.99 Å². The van der Waals surface area contributed by atoms with Crippen LogP contribution < -0.4 is 5.73 Å². The van der Waals surface area contributed by atoms with E-state index in [0.717, 1.165) is 0 Å². The van der Waals surface area contributed by atoms with Gasteiger partial charge in [-0.05, 0) is 6.92 Å². The van der Waals surface area contributed by atoms with Crippen molar-refractivity contribution in [3.8, 4) is 0 Å². The van der Waals surface area contributed by atoms with Gasteiger partial charge in [-0.3, -0.25) is 0 Å². The monoisotopic (exact) mass is 134 g/mol. The number of hydrogen-bond donors (Lipinski definition) is 1. The highest BCUT2D eigenvalue weighted by molar-refractivity contribution is 7.80. The van der Waals surface area contributed by atoms with Crippen molar-refractivity contribution in [2.45, 2.75) is 13.0 Å². The van der Waals surface area contributed by atoms with Crippen molar-refractivity contribution in [3.63, 3.8) is 0 Å². The molecule has 0 aromatic heterocycles. The van der Waals surface area contributed by atoms with Crippen LogP contribution in [0.15, 0.2) is 4.36 Å². The predicted molar refractivity (Wildman–Crippen MR) is 36.0 cm³/mol. The molecule has 0 aliphatic carbocycles. The molecule has 2 N–H and O–H groups in total. The summed E-state index contributed by atoms with van der Waals surface area (Å²) in [6.45, 7) is 1.76. The molecule has 0 heterocycles. The van der Waals surface area contributed by atoms with Gasteiger partial charge in [0.2, 0.25) is 0 Å². The average Bonchev–Trinajstić information content (AvgIpc) is 1.65. The lowest BCUT2D eigenvalue weighted by Crippen LogP contribution is -2.20. The summed E-state index contributed by atoms with van der Waals surface area (Å²) in [5.74, 6) is 0. The fraction of sp³-hybridized carbons (Fsp3) is 0.667. The van der Waals surface area contributed by atoms with Gasteiger partial charge in [0.1, 0.15) is 6.04 Å². The van der Waals surface area contributed by atoms with Gasteiger partial charge in [-0.25, -0.2) is 4.36 Å². The number of nitrogens with two attached hydrogens (primary N) is 1. The zero-order valence-electron chi connectivity index (χ0n) is 3.92. The third-order valence-electron chi connectivity index (χ3n) is 0.570. The van der Waals surface area contributed by atoms with Gasteiger partial charge < -0.3 is 5.73 Å². The van der Waals surface area contributed by atoms with Crippen LogP contribution in [0.3, 0.4) is 0 Å². The Kier molecular flexibility index (Phi) is 2.95. The van der Waals surface area contributed by atoms with Crippen LogP contribution in [0.2, 0.25) is 0 Å². The smallest absolute Gasteiger partial charge is 0.110 e. The zero-order valence-corrected chi connectivity index (χ0v) is 5.55. The molecule has 0 unspecified atom stereocenters. The summed E-state index contributed by atoms with van der Waals surface area (Å²) in [6, 6.07) is -0.148. The van der Waals surface area contributed by atoms with Crippen molar-refractivity contribution in [1.82, 2.24) is 0 Å². The molecule has 0 aromatic rings. The summed E-state index contributed by atoms with van der Waals surface area (Å²) in [7, 11) is 0. The average molecular weight is 134 g/mol. The molecule has 0 aliphatic rings. The molecule has 0 saturated carbocycles. The molecular formula is C3H6N2S2. The molecule has 1 atom stereocenters. The summed E-state index contributed by atoms with van der Waals surface area (Å²) in [5, 5.41) is 0. The van der Waals surface area contributed by atoms with Crippen LogP contribution in [0.1, 0.15) is 6.92 Å². The highest BCUT2D eigenvalue weighted by atomic mass is 32.1. The van der Waals surface area contributed by atoms with Crippen LogP contribution in [-0.4, -0.2) is 11.0 Å². The molecule has 7 heavy (non-hydrogen) atoms. The Morgan fingerprint density at radius 3 is 2.29 bits per heavy atom. The van der Waals surface area contributed by atoms with E-state index < -0.39 is 0 Å². The van der Waals surface area contributed by atoms with E-state index in [1.807, 2.05) is 0 Å². The molecular weight excluding hydrogens is 128 g/mol. The highest BCUT2D eigenvalue weighted by Crippen LogP contribution is 1.85. The van der Waals surface area contributed by atoms with Crippen LogP contribution >= 0.6 is 12.2 Å². The molecule has 0 radical (unpaired) electrons. The second-order valence-corrected chi connectivity index (χ2v) is 1.87. The molecule has 0 aromatic carbocycles. The SMILES string of the molecule is C[C@H](N=S)C(N)=S. The second kappa shape index (κ2) is 2.98. The van der Waals surface area contributed by atoms with Crippen LogP contribution in [0, 0.1) is 0 Å². The van der Waals surface area contributed by atoms with Gasteiger partial charge in [-0.1, -0.05) is 12.2 Å². The van der Waals surface area contributed by atoms with Crippen LogP contribution in [0.25, 0.3) is 0 Å². The van der Waals surface area contributed by atoms with Gasteiger partial charge in [0.05, 0.1) is 4.99 Å². The molecule has 2 nitrogen and oxygen atoms in total. The van der Waals surface area contributed by atoms with E-state index in [4.69, 9.17) is 5.73 Å². The van der Waals surface area contributed by atoms with Crippen molar-refractivity contribution >= 4 is 29.6 Å². The lowest BCUT2D eigenvalue weighted by Gasteiger charge is -1.95. The molecule has 4 heteroatoms. The summed E-state index contributed by atoms with van der Waals surface area (Å²) >= 11 is 8.84. The maximum Gasteiger partial charge on any atom is 0.110 e. The lowest BCUT2D eigenvalue weighted by molar-refractivity contribution is 1.00. The summed E-state index contributed by atoms with van der Waals surface area (Å²) < 4.78 is 3.41. The number of nitrogens with zero attached hydrogens (tertiary/aromatic N) is 1. The van der Waals surface area contributed by atoms with E-state index in [2.05, 4.69) is 29.0 Å². The van der Waals surface area contributed by atoms with Crippen molar-refractivity contribution in [2.24, 2.45) is 10.1 Å². The Morgan fingerprint density at radius 2 is 2.29 bits per heavy atom. The van der Waals surface area contributed by atoms with Gasteiger partial charge in [0, 0.05) is 12.4 Å². The quantitative estimate of drug-likeness (QED) is 0.555. The largest absolute Gasteiger partial charge is 0.392 e. The number of hydrogen-bond acceptors (Lipinski definition) is 3. The van der Waals surface area contributed by atoms with Crippen molar-refractivity contribution in [2.75, 3.05) is 0 Å². The second-order valence-electron chi connectivity index (χ2n) is 1.18. The fourth-order valence-corrected chi connectivity index (χ4v) is 0.285. The predicted octanol–water partition coefficient (Wildman–Crippen LogP) is 0.392. The summed E-state index contributed by atoms with van der Waals surface area (Å²) in [4.78, 5) is 0.356. The molecule has 0 rings (SSSR count). The third kappa shape index (κ3) is 2.59. The minimum atomic E-state index is -0.148. The van der Waals surface area contributed by atoms with Gasteiger partial charge in [0.25, 0.3) is 0 Å². The van der Waals surface area contributed by atoms with Crippen LogP contribution in [-0.2, 0) is 12.4 Å². The molecule has 0 bridgehead atoms. The van der Waals surface area contributed by atoms with E-state index in [-0.39, 0.29) is 6.04 Å². The van der Waals surface area contributed by atoms with Gasteiger partial charge in [0.15, 0.2) is 0 Å². The minimum Gasteiger partial charge on any atom is -0.392 e. The normalized spacial score (nSPS) is 12.7. The van der Waals surface area contributed by atoms with E-state index >= 15 is 0 Å². The Morgan fingerprint density at radius 1 is 1.86 bits per heavy atom. The lowest BCUT2D eigenvalue weighted by atomic mass is 10.4. The Labute approximate surface area is 53.3 Å². The third-order valence-corrected chi connectivity index (χ3v) is 1.23. The Hall–Kier alpha value is -0.0900. The van der Waals surface area contributed by atoms with Crippen molar-refractivity contribution < 1.29 is 0 Å². The first kappa shape index (κ1) is 6.91. The van der Waals surface area contributed by atoms with E-state index in [9.17, 15) is 0 Å². The van der Waals surface area contributed by atoms with Crippen molar-refractivity contribution in [3.05, 3.63) is 0 Å². The molecule has 40 valence electrons. The standard InChI is InChI=1S/C3H6N2S2/c1-2(5-7)3(4)6/h2H,1H3,(H2,4,6)/t2-/m0/s1.